The lowest BCUT2D eigenvalue weighted by atomic mass is 9.94. The molecule has 12 heteroatoms. The molecule has 0 radical (unpaired) electrons. The van der Waals surface area contributed by atoms with E-state index in [1.807, 2.05) is 10.2 Å². The first-order valence-corrected chi connectivity index (χ1v) is 13.0. The molecule has 2 aromatic rings. The Labute approximate surface area is 226 Å². The van der Waals surface area contributed by atoms with E-state index >= 15 is 0 Å². The van der Waals surface area contributed by atoms with Crippen LogP contribution in [-0.2, 0) is 4.79 Å². The van der Waals surface area contributed by atoms with Crippen molar-refractivity contribution >= 4 is 45.2 Å². The van der Waals surface area contributed by atoms with E-state index in [1.54, 1.807) is 32.0 Å². The van der Waals surface area contributed by atoms with E-state index in [4.69, 9.17) is 16.3 Å². The summed E-state index contributed by atoms with van der Waals surface area (Å²) in [6.07, 6.45) is 0.543. The highest BCUT2D eigenvalue weighted by Crippen LogP contribution is 2.46. The van der Waals surface area contributed by atoms with Gasteiger partial charge in [0, 0.05) is 17.3 Å². The van der Waals surface area contributed by atoms with Gasteiger partial charge in [0.15, 0.2) is 5.60 Å². The van der Waals surface area contributed by atoms with Crippen LogP contribution < -0.4 is 20.3 Å². The van der Waals surface area contributed by atoms with Crippen LogP contribution in [0.3, 0.4) is 0 Å². The molecule has 0 spiro atoms. The Morgan fingerprint density at radius 3 is 2.70 bits per heavy atom. The maximum Gasteiger partial charge on any atom is 0.405 e. The van der Waals surface area contributed by atoms with Crippen LogP contribution in [0.15, 0.2) is 41.0 Å². The Balaban J connectivity index is 1.60. The molecule has 2 atom stereocenters. The van der Waals surface area contributed by atoms with Gasteiger partial charge in [-0.2, -0.15) is 13.2 Å². The van der Waals surface area contributed by atoms with E-state index in [1.165, 1.54) is 18.3 Å². The molecule has 1 aromatic heterocycles. The van der Waals surface area contributed by atoms with Gasteiger partial charge in [0.05, 0.1) is 10.0 Å². The van der Waals surface area contributed by atoms with Crippen LogP contribution in [0.4, 0.5) is 19.0 Å². The molecule has 7 nitrogen and oxygen atoms in total. The number of alkyl halides is 3. The lowest BCUT2D eigenvalue weighted by Crippen LogP contribution is -2.65. The van der Waals surface area contributed by atoms with Crippen LogP contribution in [0, 0.1) is 0 Å². The number of fused-ring (bicyclic) bond motifs is 2. The predicted octanol–water partition coefficient (Wildman–Crippen LogP) is 5.61. The van der Waals surface area contributed by atoms with E-state index in [2.05, 4.69) is 26.2 Å². The summed E-state index contributed by atoms with van der Waals surface area (Å²) < 4.78 is 44.8. The standard InChI is InChI=1S/C25H27BrClF3N4O3/c1-23(2,37-19-8-7-15(27)13-18(19)26)22(36)33-24-10-3-5-16(9-11-24)34(24)20-17(6-4-12-31-20)21(35)32-14-25(28,29)30/h4,6-8,12-13,16H,3,5,9-11,14H2,1-2H3,(H,32,35)(H,33,36). The zero-order valence-corrected chi connectivity index (χ0v) is 22.6. The molecule has 1 aromatic carbocycles. The average molecular weight is 604 g/mol. The summed E-state index contributed by atoms with van der Waals surface area (Å²) in [6.45, 7) is 1.85. The monoisotopic (exact) mass is 602 g/mol. The Morgan fingerprint density at radius 2 is 2.00 bits per heavy atom. The Bertz CT molecular complexity index is 1190. The third kappa shape index (κ3) is 5.98. The van der Waals surface area contributed by atoms with Gasteiger partial charge in [-0.15, -0.1) is 0 Å². The number of anilines is 1. The van der Waals surface area contributed by atoms with Crippen LogP contribution in [0.5, 0.6) is 5.75 Å². The third-order valence-electron chi connectivity index (χ3n) is 6.71. The summed E-state index contributed by atoms with van der Waals surface area (Å²) in [7, 11) is 0. The Kier molecular flexibility index (Phi) is 7.67. The van der Waals surface area contributed by atoms with Crippen LogP contribution in [0.2, 0.25) is 5.02 Å². The van der Waals surface area contributed by atoms with E-state index in [0.717, 1.165) is 19.3 Å². The molecule has 37 heavy (non-hydrogen) atoms. The number of rotatable bonds is 7. The van der Waals surface area contributed by atoms with E-state index < -0.39 is 29.9 Å². The number of nitrogens with zero attached hydrogens (tertiary/aromatic N) is 2. The van der Waals surface area contributed by atoms with Gasteiger partial charge < -0.3 is 20.3 Å². The van der Waals surface area contributed by atoms with Crippen molar-refractivity contribution in [1.29, 1.82) is 0 Å². The summed E-state index contributed by atoms with van der Waals surface area (Å²) in [5, 5.41) is 5.60. The summed E-state index contributed by atoms with van der Waals surface area (Å²) >= 11 is 9.41. The molecule has 0 aliphatic carbocycles. The molecule has 2 amide bonds. The number of aromatic nitrogens is 1. The highest BCUT2D eigenvalue weighted by molar-refractivity contribution is 9.10. The Hall–Kier alpha value is -2.53. The summed E-state index contributed by atoms with van der Waals surface area (Å²) in [6, 6.07) is 7.92. The van der Waals surface area contributed by atoms with E-state index in [-0.39, 0.29) is 23.3 Å². The van der Waals surface area contributed by atoms with Gasteiger partial charge >= 0.3 is 6.18 Å². The summed E-state index contributed by atoms with van der Waals surface area (Å²) in [5.74, 6) is -0.548. The van der Waals surface area contributed by atoms with Gasteiger partial charge in [0.25, 0.3) is 11.8 Å². The normalized spacial score (nSPS) is 21.5. The first-order valence-electron chi connectivity index (χ1n) is 11.9. The molecule has 2 fully saturated rings. The number of carbonyl (C=O) groups excluding carboxylic acids is 2. The minimum Gasteiger partial charge on any atom is -0.477 e. The molecule has 0 saturated carbocycles. The number of halogens is 5. The van der Waals surface area contributed by atoms with Gasteiger partial charge in [0.1, 0.15) is 23.8 Å². The van der Waals surface area contributed by atoms with E-state index in [0.29, 0.717) is 28.1 Å². The second-order valence-electron chi connectivity index (χ2n) is 9.80. The highest BCUT2D eigenvalue weighted by Gasteiger charge is 2.52. The van der Waals surface area contributed by atoms with Crippen molar-refractivity contribution < 1.29 is 27.5 Å². The fourth-order valence-corrected chi connectivity index (χ4v) is 5.76. The number of benzene rings is 1. The molecule has 2 aliphatic rings. The minimum atomic E-state index is -4.54. The molecule has 4 rings (SSSR count). The first-order chi connectivity index (χ1) is 17.3. The van der Waals surface area contributed by atoms with Gasteiger partial charge in [-0.05, 0) is 92.2 Å². The second kappa shape index (κ2) is 10.3. The van der Waals surface area contributed by atoms with Gasteiger partial charge in [-0.1, -0.05) is 11.6 Å². The van der Waals surface area contributed by atoms with Crippen LogP contribution in [0.1, 0.15) is 56.3 Å². The van der Waals surface area contributed by atoms with Gasteiger partial charge in [-0.3, -0.25) is 9.59 Å². The fraction of sp³-hybridized carbons (Fsp3) is 0.480. The van der Waals surface area contributed by atoms with Gasteiger partial charge in [0.2, 0.25) is 0 Å². The van der Waals surface area contributed by atoms with Crippen LogP contribution in [-0.4, -0.2) is 46.8 Å². The van der Waals surface area contributed by atoms with E-state index in [9.17, 15) is 22.8 Å². The Morgan fingerprint density at radius 1 is 1.24 bits per heavy atom. The SMILES string of the molecule is CC(C)(Oc1ccc(Cl)cc1Br)C(=O)NC12CCCC(CC1)N2c1ncccc1C(=O)NCC(F)(F)F. The first kappa shape index (κ1) is 27.5. The molecule has 2 aliphatic heterocycles. The van der Waals surface area contributed by atoms with Crippen molar-refractivity contribution in [3.05, 3.63) is 51.6 Å². The van der Waals surface area contributed by atoms with Crippen LogP contribution in [0.25, 0.3) is 0 Å². The smallest absolute Gasteiger partial charge is 0.405 e. The van der Waals surface area contributed by atoms with Crippen molar-refractivity contribution in [2.45, 2.75) is 69.4 Å². The number of hydrogen-bond acceptors (Lipinski definition) is 5. The number of carbonyl (C=O) groups is 2. The number of hydrogen-bond donors (Lipinski definition) is 2. The second-order valence-corrected chi connectivity index (χ2v) is 11.1. The van der Waals surface area contributed by atoms with Crippen LogP contribution >= 0.6 is 27.5 Å². The number of ether oxygens (including phenoxy) is 1. The lowest BCUT2D eigenvalue weighted by molar-refractivity contribution is -0.136. The average Bonchev–Trinajstić information content (AvgIpc) is 3.03. The molecule has 2 bridgehead atoms. The molecule has 2 saturated heterocycles. The molecular weight excluding hydrogens is 577 g/mol. The number of pyridine rings is 1. The zero-order chi connectivity index (χ0) is 27.0. The lowest BCUT2D eigenvalue weighted by Gasteiger charge is -2.47. The summed E-state index contributed by atoms with van der Waals surface area (Å²) in [4.78, 5) is 32.6. The number of amides is 2. The zero-order valence-electron chi connectivity index (χ0n) is 20.3. The molecule has 3 heterocycles. The minimum absolute atomic E-state index is 0.0208. The highest BCUT2D eigenvalue weighted by atomic mass is 79.9. The topological polar surface area (TPSA) is 83.6 Å². The maximum absolute atomic E-state index is 13.6. The largest absolute Gasteiger partial charge is 0.477 e. The summed E-state index contributed by atoms with van der Waals surface area (Å²) in [5.41, 5.74) is -2.10. The van der Waals surface area contributed by atoms with Crippen molar-refractivity contribution in [2.24, 2.45) is 0 Å². The molecular formula is C25H27BrClF3N4O3. The quantitative estimate of drug-likeness (QED) is 0.430. The van der Waals surface area contributed by atoms with Crippen molar-refractivity contribution in [3.8, 4) is 5.75 Å². The van der Waals surface area contributed by atoms with Crippen molar-refractivity contribution in [1.82, 2.24) is 15.6 Å². The molecule has 200 valence electrons. The van der Waals surface area contributed by atoms with Gasteiger partial charge in [-0.25, -0.2) is 4.98 Å². The maximum atomic E-state index is 13.6. The number of piperidine rings is 1. The third-order valence-corrected chi connectivity index (χ3v) is 7.56. The van der Waals surface area contributed by atoms with Crippen molar-refractivity contribution in [3.63, 3.8) is 0 Å². The predicted molar refractivity (Wildman–Crippen MR) is 137 cm³/mol. The van der Waals surface area contributed by atoms with Crippen molar-refractivity contribution in [2.75, 3.05) is 11.4 Å². The molecule has 2 N–H and O–H groups in total. The molecule has 2 unspecified atom stereocenters. The number of nitrogens with one attached hydrogen (secondary N) is 2. The fourth-order valence-electron chi connectivity index (χ4n) is 5.00.